The Bertz CT molecular complexity index is 1160. The SMILES string of the molecule is CCOC(=O)c1ccc(Oc2cc(OC(C)COC)cc(C(=O)Nc3cc(C)[nH]n3)c2)c(Cl)c1. The molecule has 0 fully saturated rings. The number of amides is 1. The van der Waals surface area contributed by atoms with Crippen molar-refractivity contribution in [1.29, 1.82) is 0 Å². The van der Waals surface area contributed by atoms with E-state index in [2.05, 4.69) is 15.5 Å². The zero-order chi connectivity index (χ0) is 24.7. The number of hydrogen-bond acceptors (Lipinski definition) is 7. The molecule has 0 saturated heterocycles. The van der Waals surface area contributed by atoms with Crippen molar-refractivity contribution < 1.29 is 28.5 Å². The lowest BCUT2D eigenvalue weighted by atomic mass is 10.1. The van der Waals surface area contributed by atoms with E-state index >= 15 is 0 Å². The molecule has 0 bridgehead atoms. The molecule has 1 heterocycles. The second-order valence-corrected chi connectivity index (χ2v) is 7.84. The molecule has 34 heavy (non-hydrogen) atoms. The number of carbonyl (C=O) groups is 2. The van der Waals surface area contributed by atoms with Crippen LogP contribution in [0.2, 0.25) is 5.02 Å². The predicted octanol–water partition coefficient (Wildman–Crippen LogP) is 5.01. The molecule has 0 spiro atoms. The first-order valence-electron chi connectivity index (χ1n) is 10.6. The summed E-state index contributed by atoms with van der Waals surface area (Å²) in [5.74, 6) is 0.532. The number of ether oxygens (including phenoxy) is 4. The van der Waals surface area contributed by atoms with Gasteiger partial charge in [-0.3, -0.25) is 9.89 Å². The monoisotopic (exact) mass is 487 g/mol. The van der Waals surface area contributed by atoms with Crippen molar-refractivity contribution in [2.45, 2.75) is 26.9 Å². The van der Waals surface area contributed by atoms with Gasteiger partial charge < -0.3 is 24.3 Å². The molecule has 0 aliphatic heterocycles. The molecule has 1 amide bonds. The number of anilines is 1. The van der Waals surface area contributed by atoms with Crippen LogP contribution < -0.4 is 14.8 Å². The van der Waals surface area contributed by atoms with Crippen LogP contribution >= 0.6 is 11.6 Å². The van der Waals surface area contributed by atoms with Gasteiger partial charge >= 0.3 is 5.97 Å². The second kappa shape index (κ2) is 11.5. The van der Waals surface area contributed by atoms with Crippen molar-refractivity contribution in [3.63, 3.8) is 0 Å². The third-order valence-electron chi connectivity index (χ3n) is 4.50. The Labute approximate surface area is 202 Å². The molecule has 0 aliphatic rings. The van der Waals surface area contributed by atoms with Gasteiger partial charge in [0.15, 0.2) is 5.82 Å². The number of carbonyl (C=O) groups excluding carboxylic acids is 2. The lowest BCUT2D eigenvalue weighted by Crippen LogP contribution is -2.18. The molecule has 1 unspecified atom stereocenters. The smallest absolute Gasteiger partial charge is 0.338 e. The number of halogens is 1. The van der Waals surface area contributed by atoms with Crippen LogP contribution in [0, 0.1) is 6.92 Å². The number of hydrogen-bond donors (Lipinski definition) is 2. The molecule has 2 N–H and O–H groups in total. The van der Waals surface area contributed by atoms with E-state index in [0.29, 0.717) is 35.2 Å². The summed E-state index contributed by atoms with van der Waals surface area (Å²) in [6.45, 7) is 6.01. The summed E-state index contributed by atoms with van der Waals surface area (Å²) >= 11 is 6.33. The van der Waals surface area contributed by atoms with E-state index in [9.17, 15) is 9.59 Å². The molecule has 0 radical (unpaired) electrons. The maximum Gasteiger partial charge on any atom is 0.338 e. The van der Waals surface area contributed by atoms with Gasteiger partial charge in [0, 0.05) is 30.5 Å². The highest BCUT2D eigenvalue weighted by molar-refractivity contribution is 6.32. The minimum atomic E-state index is -0.481. The standard InChI is InChI=1S/C24H26ClN3O6/c1-5-32-24(30)16-6-7-21(20(25)11-16)34-19-10-17(9-18(12-19)33-15(3)13-31-4)23(29)26-22-8-14(2)27-28-22/h6-12,15H,5,13H2,1-4H3,(H2,26,27,28,29). The number of aromatic amines is 1. The third-order valence-corrected chi connectivity index (χ3v) is 4.79. The topological polar surface area (TPSA) is 112 Å². The minimum Gasteiger partial charge on any atom is -0.488 e. The van der Waals surface area contributed by atoms with Crippen molar-refractivity contribution in [3.05, 3.63) is 64.3 Å². The maximum atomic E-state index is 12.9. The van der Waals surface area contributed by atoms with Crippen LogP contribution in [0.4, 0.5) is 5.82 Å². The summed E-state index contributed by atoms with van der Waals surface area (Å²) in [6.07, 6.45) is -0.266. The Morgan fingerprint density at radius 1 is 1.12 bits per heavy atom. The van der Waals surface area contributed by atoms with Crippen molar-refractivity contribution in [2.24, 2.45) is 0 Å². The number of esters is 1. The van der Waals surface area contributed by atoms with Gasteiger partial charge in [-0.2, -0.15) is 5.10 Å². The Balaban J connectivity index is 1.88. The average molecular weight is 488 g/mol. The maximum absolute atomic E-state index is 12.9. The number of nitrogens with one attached hydrogen (secondary N) is 2. The third kappa shape index (κ3) is 6.72. The molecule has 9 nitrogen and oxygen atoms in total. The fraction of sp³-hybridized carbons (Fsp3) is 0.292. The van der Waals surface area contributed by atoms with E-state index in [0.717, 1.165) is 5.69 Å². The van der Waals surface area contributed by atoms with Crippen LogP contribution in [-0.2, 0) is 9.47 Å². The minimum absolute atomic E-state index is 0.211. The summed E-state index contributed by atoms with van der Waals surface area (Å²) in [4.78, 5) is 24.8. The van der Waals surface area contributed by atoms with Crippen LogP contribution in [0.25, 0.3) is 0 Å². The van der Waals surface area contributed by atoms with E-state index in [4.69, 9.17) is 30.5 Å². The van der Waals surface area contributed by atoms with Crippen LogP contribution in [0.15, 0.2) is 42.5 Å². The van der Waals surface area contributed by atoms with Crippen molar-refractivity contribution in [1.82, 2.24) is 10.2 Å². The first-order chi connectivity index (χ1) is 16.3. The van der Waals surface area contributed by atoms with E-state index in [1.807, 2.05) is 13.8 Å². The lowest BCUT2D eigenvalue weighted by Gasteiger charge is -2.16. The molecule has 180 valence electrons. The van der Waals surface area contributed by atoms with Crippen LogP contribution in [-0.4, -0.2) is 48.5 Å². The number of methoxy groups -OCH3 is 1. The van der Waals surface area contributed by atoms with Crippen LogP contribution in [0.1, 0.15) is 40.3 Å². The Hall–Kier alpha value is -3.56. The molecular weight excluding hydrogens is 462 g/mol. The normalized spacial score (nSPS) is 11.6. The number of H-pyrrole nitrogens is 1. The van der Waals surface area contributed by atoms with Gasteiger partial charge in [0.2, 0.25) is 0 Å². The fourth-order valence-electron chi connectivity index (χ4n) is 3.05. The molecule has 3 rings (SSSR count). The summed E-state index contributed by atoms with van der Waals surface area (Å²) in [7, 11) is 1.58. The molecule has 10 heteroatoms. The highest BCUT2D eigenvalue weighted by Crippen LogP contribution is 2.33. The van der Waals surface area contributed by atoms with Gasteiger partial charge in [0.25, 0.3) is 5.91 Å². The number of aromatic nitrogens is 2. The average Bonchev–Trinajstić information content (AvgIpc) is 3.19. The van der Waals surface area contributed by atoms with Gasteiger partial charge in [0.05, 0.1) is 23.8 Å². The Kier molecular flexibility index (Phi) is 8.50. The molecule has 2 aromatic carbocycles. The van der Waals surface area contributed by atoms with Crippen LogP contribution in [0.3, 0.4) is 0 Å². The summed E-state index contributed by atoms with van der Waals surface area (Å²) in [6, 6.07) is 11.1. The number of aryl methyl sites for hydroxylation is 1. The largest absolute Gasteiger partial charge is 0.488 e. The number of benzene rings is 2. The highest BCUT2D eigenvalue weighted by Gasteiger charge is 2.16. The van der Waals surface area contributed by atoms with E-state index in [1.54, 1.807) is 50.4 Å². The zero-order valence-electron chi connectivity index (χ0n) is 19.3. The van der Waals surface area contributed by atoms with Crippen molar-refractivity contribution in [3.8, 4) is 17.2 Å². The predicted molar refractivity (Wildman–Crippen MR) is 127 cm³/mol. The molecule has 1 aromatic heterocycles. The van der Waals surface area contributed by atoms with Gasteiger partial charge in [-0.05, 0) is 51.1 Å². The van der Waals surface area contributed by atoms with Gasteiger partial charge in [-0.1, -0.05) is 11.6 Å². The van der Waals surface area contributed by atoms with Gasteiger partial charge in [-0.15, -0.1) is 0 Å². The lowest BCUT2D eigenvalue weighted by molar-refractivity contribution is 0.0526. The Morgan fingerprint density at radius 2 is 1.88 bits per heavy atom. The molecule has 1 atom stereocenters. The van der Waals surface area contributed by atoms with Crippen molar-refractivity contribution in [2.75, 3.05) is 25.6 Å². The summed E-state index contributed by atoms with van der Waals surface area (Å²) in [5.41, 5.74) is 1.40. The molecule has 3 aromatic rings. The zero-order valence-corrected chi connectivity index (χ0v) is 20.1. The summed E-state index contributed by atoms with van der Waals surface area (Å²) < 4.78 is 21.9. The number of rotatable bonds is 10. The quantitative estimate of drug-likeness (QED) is 0.387. The fourth-order valence-corrected chi connectivity index (χ4v) is 3.27. The van der Waals surface area contributed by atoms with Gasteiger partial charge in [0.1, 0.15) is 23.4 Å². The highest BCUT2D eigenvalue weighted by atomic mass is 35.5. The molecule has 0 aliphatic carbocycles. The van der Waals surface area contributed by atoms with Gasteiger partial charge in [-0.25, -0.2) is 4.79 Å². The first-order valence-corrected chi connectivity index (χ1v) is 11.0. The van der Waals surface area contributed by atoms with E-state index in [-0.39, 0.29) is 23.3 Å². The van der Waals surface area contributed by atoms with E-state index < -0.39 is 11.9 Å². The van der Waals surface area contributed by atoms with E-state index in [1.165, 1.54) is 6.07 Å². The molecular formula is C24H26ClN3O6. The van der Waals surface area contributed by atoms with Crippen molar-refractivity contribution >= 4 is 29.3 Å². The first kappa shape index (κ1) is 25.1. The summed E-state index contributed by atoms with van der Waals surface area (Å²) in [5, 5.41) is 9.73. The number of nitrogens with zero attached hydrogens (tertiary/aromatic N) is 1. The molecule has 0 saturated carbocycles. The second-order valence-electron chi connectivity index (χ2n) is 7.43. The Morgan fingerprint density at radius 3 is 2.53 bits per heavy atom. The van der Waals surface area contributed by atoms with Crippen LogP contribution in [0.5, 0.6) is 17.2 Å².